The van der Waals surface area contributed by atoms with E-state index in [-0.39, 0.29) is 0 Å². The van der Waals surface area contributed by atoms with Crippen molar-refractivity contribution in [3.8, 4) is 5.95 Å². The first-order valence-corrected chi connectivity index (χ1v) is 5.74. The van der Waals surface area contributed by atoms with Crippen molar-refractivity contribution in [3.63, 3.8) is 0 Å². The van der Waals surface area contributed by atoms with Crippen molar-refractivity contribution >= 4 is 16.9 Å². The van der Waals surface area contributed by atoms with Crippen LogP contribution in [0, 0.1) is 0 Å². The third kappa shape index (κ3) is 2.13. The highest BCUT2D eigenvalue weighted by atomic mass is 15.5. The molecule has 3 rings (SSSR count). The summed E-state index contributed by atoms with van der Waals surface area (Å²) in [6, 6.07) is 7.80. The number of anilines is 1. The molecule has 0 bridgehead atoms. The van der Waals surface area contributed by atoms with Crippen LogP contribution in [-0.2, 0) is 0 Å². The molecule has 0 spiro atoms. The number of aromatic nitrogens is 6. The van der Waals surface area contributed by atoms with E-state index >= 15 is 0 Å². The number of hydrogen-bond acceptors (Lipinski definition) is 6. The predicted octanol–water partition coefficient (Wildman–Crippen LogP) is 1.20. The first-order valence-electron chi connectivity index (χ1n) is 5.74. The normalized spacial score (nSPS) is 10.5. The van der Waals surface area contributed by atoms with E-state index in [2.05, 4.69) is 37.4 Å². The molecule has 0 fully saturated rings. The maximum atomic E-state index is 4.23. The van der Waals surface area contributed by atoms with Crippen molar-refractivity contribution in [2.75, 3.05) is 11.9 Å². The summed E-state index contributed by atoms with van der Waals surface area (Å²) in [7, 11) is 0. The first-order chi connectivity index (χ1) is 9.38. The van der Waals surface area contributed by atoms with Gasteiger partial charge in [-0.3, -0.25) is 0 Å². The Kier molecular flexibility index (Phi) is 2.85. The van der Waals surface area contributed by atoms with Gasteiger partial charge in [-0.2, -0.15) is 9.78 Å². The molecule has 0 amide bonds. The molecular weight excluding hydrogens is 242 g/mol. The van der Waals surface area contributed by atoms with Crippen LogP contribution in [0.2, 0.25) is 0 Å². The number of nitrogens with zero attached hydrogens (tertiary/aromatic N) is 6. The predicted molar refractivity (Wildman–Crippen MR) is 70.9 cm³/mol. The van der Waals surface area contributed by atoms with Crippen LogP contribution in [0.4, 0.5) is 5.95 Å². The summed E-state index contributed by atoms with van der Waals surface area (Å²) in [6.07, 6.45) is 3.46. The van der Waals surface area contributed by atoms with Crippen LogP contribution in [0.5, 0.6) is 0 Å². The standard InChI is InChI=1S/C12H11N7/c1-2-7-13-11-15-17-12(18-16-11)19-10-6-4-3-5-9(10)8-14-19/h2-6,8H,1,7H2,(H,13,15,16). The Labute approximate surface area is 109 Å². The van der Waals surface area contributed by atoms with E-state index in [9.17, 15) is 0 Å². The summed E-state index contributed by atoms with van der Waals surface area (Å²) in [5.41, 5.74) is 0.915. The van der Waals surface area contributed by atoms with Gasteiger partial charge in [-0.05, 0) is 6.07 Å². The molecule has 7 heteroatoms. The highest BCUT2D eigenvalue weighted by Gasteiger charge is 2.08. The van der Waals surface area contributed by atoms with Crippen LogP contribution in [0.3, 0.4) is 0 Å². The Balaban J connectivity index is 1.95. The zero-order valence-corrected chi connectivity index (χ0v) is 10.1. The van der Waals surface area contributed by atoms with Gasteiger partial charge in [-0.1, -0.05) is 24.3 Å². The third-order valence-corrected chi connectivity index (χ3v) is 2.54. The van der Waals surface area contributed by atoms with Crippen LogP contribution in [-0.4, -0.2) is 36.7 Å². The van der Waals surface area contributed by atoms with Gasteiger partial charge in [-0.15, -0.1) is 27.0 Å². The monoisotopic (exact) mass is 253 g/mol. The van der Waals surface area contributed by atoms with Gasteiger partial charge >= 0.3 is 0 Å². The van der Waals surface area contributed by atoms with Crippen LogP contribution in [0.15, 0.2) is 43.1 Å². The Hall–Kier alpha value is -2.83. The number of rotatable bonds is 4. The zero-order chi connectivity index (χ0) is 13.1. The van der Waals surface area contributed by atoms with E-state index in [1.807, 2.05) is 24.3 Å². The molecule has 19 heavy (non-hydrogen) atoms. The minimum Gasteiger partial charge on any atom is -0.348 e. The lowest BCUT2D eigenvalue weighted by Crippen LogP contribution is -2.10. The van der Waals surface area contributed by atoms with Gasteiger partial charge in [0.25, 0.3) is 11.9 Å². The van der Waals surface area contributed by atoms with Crippen molar-refractivity contribution < 1.29 is 0 Å². The molecule has 7 nitrogen and oxygen atoms in total. The Morgan fingerprint density at radius 2 is 1.95 bits per heavy atom. The lowest BCUT2D eigenvalue weighted by Gasteiger charge is -2.01. The van der Waals surface area contributed by atoms with E-state index in [0.717, 1.165) is 10.9 Å². The van der Waals surface area contributed by atoms with E-state index < -0.39 is 0 Å². The van der Waals surface area contributed by atoms with E-state index in [1.54, 1.807) is 17.0 Å². The van der Waals surface area contributed by atoms with Gasteiger partial charge in [0.05, 0.1) is 11.7 Å². The molecule has 0 saturated carbocycles. The number of fused-ring (bicyclic) bond motifs is 1. The number of hydrogen-bond donors (Lipinski definition) is 1. The zero-order valence-electron chi connectivity index (χ0n) is 10.1. The Bertz CT molecular complexity index is 701. The number of nitrogens with one attached hydrogen (secondary N) is 1. The molecule has 0 radical (unpaired) electrons. The fourth-order valence-corrected chi connectivity index (χ4v) is 1.67. The molecule has 1 N–H and O–H groups in total. The Morgan fingerprint density at radius 3 is 2.74 bits per heavy atom. The molecule has 0 aliphatic heterocycles. The molecule has 0 saturated heterocycles. The average Bonchev–Trinajstić information content (AvgIpc) is 2.90. The van der Waals surface area contributed by atoms with Gasteiger partial charge in [0.2, 0.25) is 0 Å². The molecule has 0 unspecified atom stereocenters. The van der Waals surface area contributed by atoms with Crippen LogP contribution >= 0.6 is 0 Å². The SMILES string of the molecule is C=CCNc1nnc(-n2ncc3ccccc32)nn1. The van der Waals surface area contributed by atoms with Gasteiger partial charge in [-0.25, -0.2) is 0 Å². The first kappa shape index (κ1) is 11.3. The van der Waals surface area contributed by atoms with Crippen molar-refractivity contribution in [2.45, 2.75) is 0 Å². The summed E-state index contributed by atoms with van der Waals surface area (Å²) < 4.78 is 1.60. The summed E-state index contributed by atoms with van der Waals surface area (Å²) in [6.45, 7) is 4.16. The van der Waals surface area contributed by atoms with Gasteiger partial charge in [0, 0.05) is 11.9 Å². The van der Waals surface area contributed by atoms with Gasteiger partial charge in [0.1, 0.15) is 0 Å². The second-order valence-electron chi connectivity index (χ2n) is 3.81. The molecule has 0 aliphatic rings. The van der Waals surface area contributed by atoms with Crippen molar-refractivity contribution in [2.24, 2.45) is 0 Å². The third-order valence-electron chi connectivity index (χ3n) is 2.54. The lowest BCUT2D eigenvalue weighted by molar-refractivity contribution is 0.745. The van der Waals surface area contributed by atoms with Crippen LogP contribution < -0.4 is 5.32 Å². The van der Waals surface area contributed by atoms with Crippen LogP contribution in [0.25, 0.3) is 16.9 Å². The molecule has 2 aromatic heterocycles. The van der Waals surface area contributed by atoms with Crippen molar-refractivity contribution in [1.29, 1.82) is 0 Å². The molecule has 0 atom stereocenters. The summed E-state index contributed by atoms with van der Waals surface area (Å²) in [5.74, 6) is 0.700. The highest BCUT2D eigenvalue weighted by Crippen LogP contribution is 2.14. The molecular formula is C12H11N7. The smallest absolute Gasteiger partial charge is 0.289 e. The minimum atomic E-state index is 0.338. The van der Waals surface area contributed by atoms with Crippen molar-refractivity contribution in [1.82, 2.24) is 30.2 Å². The maximum absolute atomic E-state index is 4.23. The quantitative estimate of drug-likeness (QED) is 0.704. The number of benzene rings is 1. The summed E-state index contributed by atoms with van der Waals surface area (Å²) in [4.78, 5) is 0. The largest absolute Gasteiger partial charge is 0.348 e. The molecule has 1 aromatic carbocycles. The van der Waals surface area contributed by atoms with E-state index in [0.29, 0.717) is 18.4 Å². The fraction of sp³-hybridized carbons (Fsp3) is 0.0833. The Morgan fingerprint density at radius 1 is 1.16 bits per heavy atom. The topological polar surface area (TPSA) is 81.4 Å². The van der Waals surface area contributed by atoms with Crippen LogP contribution in [0.1, 0.15) is 0 Å². The maximum Gasteiger partial charge on any atom is 0.289 e. The summed E-state index contributed by atoms with van der Waals surface area (Å²) >= 11 is 0. The van der Waals surface area contributed by atoms with E-state index in [4.69, 9.17) is 0 Å². The van der Waals surface area contributed by atoms with Crippen molar-refractivity contribution in [3.05, 3.63) is 43.1 Å². The minimum absolute atomic E-state index is 0.338. The second kappa shape index (κ2) is 4.81. The van der Waals surface area contributed by atoms with Gasteiger partial charge in [0.15, 0.2) is 0 Å². The average molecular weight is 253 g/mol. The lowest BCUT2D eigenvalue weighted by atomic mass is 10.3. The molecule has 0 aliphatic carbocycles. The molecule has 3 aromatic rings. The number of para-hydroxylation sites is 1. The van der Waals surface area contributed by atoms with E-state index in [1.165, 1.54) is 0 Å². The molecule has 94 valence electrons. The fourth-order valence-electron chi connectivity index (χ4n) is 1.67. The van der Waals surface area contributed by atoms with Gasteiger partial charge < -0.3 is 5.32 Å². The highest BCUT2D eigenvalue weighted by molar-refractivity contribution is 5.79. The molecule has 2 heterocycles. The second-order valence-corrected chi connectivity index (χ2v) is 3.81. The summed E-state index contributed by atoms with van der Waals surface area (Å²) in [5, 5.41) is 24.0.